The number of hydrogen-bond acceptors (Lipinski definition) is 2. The predicted molar refractivity (Wildman–Crippen MR) is 97.1 cm³/mol. The zero-order valence-electron chi connectivity index (χ0n) is 15.2. The van der Waals surface area contributed by atoms with Gasteiger partial charge in [0.05, 0.1) is 6.61 Å². The molecule has 1 fully saturated rings. The fraction of sp³-hybridized carbons (Fsp3) is 0.632. The van der Waals surface area contributed by atoms with E-state index in [-0.39, 0.29) is 5.41 Å². The van der Waals surface area contributed by atoms with E-state index in [4.69, 9.17) is 4.74 Å². The minimum absolute atomic E-state index is 0.0542. The zero-order chi connectivity index (χ0) is 16.9. The number of guanidine groups is 1. The van der Waals surface area contributed by atoms with E-state index >= 15 is 0 Å². The molecule has 1 aromatic rings. The van der Waals surface area contributed by atoms with Crippen LogP contribution < -0.4 is 5.32 Å². The van der Waals surface area contributed by atoms with Crippen molar-refractivity contribution in [1.82, 2.24) is 10.2 Å². The normalized spacial score (nSPS) is 19.0. The second-order valence-corrected chi connectivity index (χ2v) is 7.21. The van der Waals surface area contributed by atoms with Crippen molar-refractivity contribution >= 4 is 5.96 Å². The van der Waals surface area contributed by atoms with Crippen molar-refractivity contribution < 1.29 is 4.74 Å². The van der Waals surface area contributed by atoms with Gasteiger partial charge in [0.2, 0.25) is 0 Å². The van der Waals surface area contributed by atoms with Gasteiger partial charge in [-0.25, -0.2) is 0 Å². The first-order valence-electron chi connectivity index (χ1n) is 8.49. The highest BCUT2D eigenvalue weighted by Gasteiger charge is 2.24. The molecule has 4 heteroatoms. The summed E-state index contributed by atoms with van der Waals surface area (Å²) in [5.74, 6) is 1.57. The predicted octanol–water partition coefficient (Wildman–Crippen LogP) is 2.82. The van der Waals surface area contributed by atoms with Crippen LogP contribution in [0.25, 0.3) is 0 Å². The van der Waals surface area contributed by atoms with Gasteiger partial charge in [-0.1, -0.05) is 38.1 Å². The fourth-order valence-corrected chi connectivity index (χ4v) is 3.31. The third-order valence-electron chi connectivity index (χ3n) is 4.69. The lowest BCUT2D eigenvalue weighted by molar-refractivity contribution is 0.181. The number of hydrogen-bond donors (Lipinski definition) is 1. The Kier molecular flexibility index (Phi) is 6.05. The molecule has 1 aliphatic heterocycles. The number of rotatable bonds is 5. The Bertz CT molecular complexity index is 533. The maximum atomic E-state index is 5.47. The summed E-state index contributed by atoms with van der Waals surface area (Å²) in [5, 5.41) is 3.54. The van der Waals surface area contributed by atoms with Crippen molar-refractivity contribution in [3.63, 3.8) is 0 Å². The van der Waals surface area contributed by atoms with Gasteiger partial charge in [-0.3, -0.25) is 4.99 Å². The van der Waals surface area contributed by atoms with E-state index in [1.54, 1.807) is 0 Å². The second kappa shape index (κ2) is 7.82. The summed E-state index contributed by atoms with van der Waals surface area (Å²) in [6.45, 7) is 10.3. The van der Waals surface area contributed by atoms with Crippen LogP contribution in [0, 0.1) is 12.8 Å². The minimum atomic E-state index is 0.0542. The summed E-state index contributed by atoms with van der Waals surface area (Å²) in [4.78, 5) is 6.66. The third-order valence-corrected chi connectivity index (χ3v) is 4.69. The van der Waals surface area contributed by atoms with Crippen LogP contribution >= 0.6 is 0 Å². The molecule has 0 saturated carbocycles. The molecule has 0 aliphatic carbocycles. The first-order valence-corrected chi connectivity index (χ1v) is 8.49. The van der Waals surface area contributed by atoms with Crippen molar-refractivity contribution in [1.29, 1.82) is 0 Å². The van der Waals surface area contributed by atoms with Gasteiger partial charge in [0.15, 0.2) is 5.96 Å². The van der Waals surface area contributed by atoms with Crippen molar-refractivity contribution in [2.75, 3.05) is 40.4 Å². The molecule has 4 nitrogen and oxygen atoms in total. The number of nitrogens with one attached hydrogen (secondary N) is 1. The number of nitrogens with zero attached hydrogens (tertiary/aromatic N) is 2. The Morgan fingerprint density at radius 3 is 2.74 bits per heavy atom. The van der Waals surface area contributed by atoms with Crippen LogP contribution in [0.15, 0.2) is 29.3 Å². The number of aliphatic imine (C=N–C) groups is 1. The molecule has 23 heavy (non-hydrogen) atoms. The van der Waals surface area contributed by atoms with Gasteiger partial charge >= 0.3 is 0 Å². The summed E-state index contributed by atoms with van der Waals surface area (Å²) in [5.41, 5.74) is 2.78. The van der Waals surface area contributed by atoms with Crippen LogP contribution in [-0.4, -0.2) is 51.3 Å². The van der Waals surface area contributed by atoms with Gasteiger partial charge in [-0.05, 0) is 24.5 Å². The monoisotopic (exact) mass is 317 g/mol. The second-order valence-electron chi connectivity index (χ2n) is 7.21. The molecule has 0 amide bonds. The molecule has 0 spiro atoms. The van der Waals surface area contributed by atoms with E-state index in [2.05, 4.69) is 67.3 Å². The van der Waals surface area contributed by atoms with E-state index in [0.717, 1.165) is 38.7 Å². The van der Waals surface area contributed by atoms with E-state index in [1.807, 2.05) is 7.05 Å². The molecule has 0 radical (unpaired) electrons. The lowest BCUT2D eigenvalue weighted by atomic mass is 9.82. The molecule has 0 aromatic heterocycles. The van der Waals surface area contributed by atoms with Crippen molar-refractivity contribution in [2.24, 2.45) is 10.9 Å². The van der Waals surface area contributed by atoms with E-state index in [9.17, 15) is 0 Å². The largest absolute Gasteiger partial charge is 0.381 e. The standard InChI is InChI=1S/C19H31N3O/c1-15-8-6-7-9-17(15)19(2,3)14-21-18(20-4)22(5)12-16-10-11-23-13-16/h6-9,16H,10-14H2,1-5H3,(H,20,21). The van der Waals surface area contributed by atoms with Gasteiger partial charge < -0.3 is 15.0 Å². The van der Waals surface area contributed by atoms with Crippen LogP contribution in [0.3, 0.4) is 0 Å². The Morgan fingerprint density at radius 1 is 1.39 bits per heavy atom. The highest BCUT2D eigenvalue weighted by atomic mass is 16.5. The summed E-state index contributed by atoms with van der Waals surface area (Å²) in [6.07, 6.45) is 1.15. The highest BCUT2D eigenvalue weighted by Crippen LogP contribution is 2.25. The molecule has 128 valence electrons. The van der Waals surface area contributed by atoms with Crippen LogP contribution in [0.4, 0.5) is 0 Å². The first-order chi connectivity index (χ1) is 10.9. The van der Waals surface area contributed by atoms with E-state index in [1.165, 1.54) is 11.1 Å². The quantitative estimate of drug-likeness (QED) is 0.670. The van der Waals surface area contributed by atoms with Crippen molar-refractivity contribution in [3.05, 3.63) is 35.4 Å². The molecule has 1 aliphatic rings. The van der Waals surface area contributed by atoms with Crippen LogP contribution in [0.2, 0.25) is 0 Å². The molecule has 2 rings (SSSR count). The summed E-state index contributed by atoms with van der Waals surface area (Å²) in [6, 6.07) is 8.61. The maximum Gasteiger partial charge on any atom is 0.193 e. The van der Waals surface area contributed by atoms with Crippen molar-refractivity contribution in [3.8, 4) is 0 Å². The Hall–Kier alpha value is -1.55. The topological polar surface area (TPSA) is 36.9 Å². The van der Waals surface area contributed by atoms with Crippen LogP contribution in [0.1, 0.15) is 31.4 Å². The SMILES string of the molecule is CN=C(NCC(C)(C)c1ccccc1C)N(C)CC1CCOC1. The summed E-state index contributed by atoms with van der Waals surface area (Å²) < 4.78 is 5.47. The smallest absolute Gasteiger partial charge is 0.193 e. The van der Waals surface area contributed by atoms with Gasteiger partial charge in [0.25, 0.3) is 0 Å². The number of benzene rings is 1. The average molecular weight is 317 g/mol. The zero-order valence-corrected chi connectivity index (χ0v) is 15.2. The molecule has 1 aromatic carbocycles. The van der Waals surface area contributed by atoms with E-state index in [0.29, 0.717) is 5.92 Å². The lowest BCUT2D eigenvalue weighted by Crippen LogP contribution is -2.45. The van der Waals surface area contributed by atoms with Gasteiger partial charge in [-0.2, -0.15) is 0 Å². The Morgan fingerprint density at radius 2 is 2.13 bits per heavy atom. The molecule has 1 N–H and O–H groups in total. The van der Waals surface area contributed by atoms with Gasteiger partial charge in [0.1, 0.15) is 0 Å². The molecule has 1 atom stereocenters. The van der Waals surface area contributed by atoms with Gasteiger partial charge in [-0.15, -0.1) is 0 Å². The van der Waals surface area contributed by atoms with E-state index < -0.39 is 0 Å². The molecular weight excluding hydrogens is 286 g/mol. The van der Waals surface area contributed by atoms with Crippen LogP contribution in [-0.2, 0) is 10.2 Å². The number of ether oxygens (including phenoxy) is 1. The molecule has 1 heterocycles. The van der Waals surface area contributed by atoms with Crippen molar-refractivity contribution in [2.45, 2.75) is 32.6 Å². The fourth-order valence-electron chi connectivity index (χ4n) is 3.31. The Labute approximate surface area is 140 Å². The van der Waals surface area contributed by atoms with Gasteiger partial charge in [0, 0.05) is 45.1 Å². The highest BCUT2D eigenvalue weighted by molar-refractivity contribution is 5.79. The third kappa shape index (κ3) is 4.71. The first kappa shape index (κ1) is 17.8. The maximum absolute atomic E-state index is 5.47. The van der Waals surface area contributed by atoms with Crippen LogP contribution in [0.5, 0.6) is 0 Å². The minimum Gasteiger partial charge on any atom is -0.381 e. The molecule has 1 unspecified atom stereocenters. The summed E-state index contributed by atoms with van der Waals surface area (Å²) in [7, 11) is 3.96. The lowest BCUT2D eigenvalue weighted by Gasteiger charge is -2.31. The molecular formula is C19H31N3O. The number of aryl methyl sites for hydroxylation is 1. The Balaban J connectivity index is 1.95. The summed E-state index contributed by atoms with van der Waals surface area (Å²) >= 11 is 0. The average Bonchev–Trinajstić information content (AvgIpc) is 3.01. The molecule has 1 saturated heterocycles. The molecule has 0 bridgehead atoms.